The number of nitrogens with one attached hydrogen (secondary N) is 2. The van der Waals surface area contributed by atoms with E-state index in [2.05, 4.69) is 10.6 Å². The Kier molecular flexibility index (Phi) is 4.22. The standard InChI is InChI=1S/C14H13ClN4O/c15-10-3-7-12(8-4-10)19-14(20)18-11-5-1-9(2-6-11)13(16)17/h1-8H,(H3,16,17)(H2,18,19,20)/p+1. The number of benzene rings is 2. The lowest BCUT2D eigenvalue weighted by molar-refractivity contribution is -0.114. The predicted octanol–water partition coefficient (Wildman–Crippen LogP) is 1.45. The number of carbonyl (C=O) groups is 1. The van der Waals surface area contributed by atoms with Crippen LogP contribution in [0, 0.1) is 0 Å². The summed E-state index contributed by atoms with van der Waals surface area (Å²) in [6, 6.07) is 13.4. The summed E-state index contributed by atoms with van der Waals surface area (Å²) in [6.07, 6.45) is 0. The topological polar surface area (TPSA) is 92.7 Å². The van der Waals surface area contributed by atoms with Crippen LogP contribution in [0.4, 0.5) is 16.2 Å². The highest BCUT2D eigenvalue weighted by Crippen LogP contribution is 2.14. The summed E-state index contributed by atoms with van der Waals surface area (Å²) in [5, 5.41) is 11.5. The van der Waals surface area contributed by atoms with Gasteiger partial charge in [0.2, 0.25) is 0 Å². The highest BCUT2D eigenvalue weighted by Gasteiger charge is 2.04. The Morgan fingerprint density at radius 1 is 0.950 bits per heavy atom. The van der Waals surface area contributed by atoms with Crippen LogP contribution in [-0.4, -0.2) is 11.9 Å². The molecule has 0 spiro atoms. The zero-order valence-corrected chi connectivity index (χ0v) is 11.3. The Labute approximate surface area is 121 Å². The maximum absolute atomic E-state index is 11.8. The molecule has 0 fully saturated rings. The molecule has 0 bridgehead atoms. The van der Waals surface area contributed by atoms with E-state index in [0.29, 0.717) is 22.0 Å². The molecule has 0 atom stereocenters. The molecule has 0 aromatic heterocycles. The largest absolute Gasteiger partial charge is 0.323 e. The molecule has 2 aromatic rings. The van der Waals surface area contributed by atoms with Crippen LogP contribution in [0.2, 0.25) is 5.02 Å². The van der Waals surface area contributed by atoms with Crippen molar-refractivity contribution in [3.63, 3.8) is 0 Å². The quantitative estimate of drug-likeness (QED) is 0.508. The van der Waals surface area contributed by atoms with Gasteiger partial charge < -0.3 is 10.6 Å². The summed E-state index contributed by atoms with van der Waals surface area (Å²) in [5.74, 6) is 0.238. The number of rotatable bonds is 3. The van der Waals surface area contributed by atoms with Crippen molar-refractivity contribution >= 4 is 34.8 Å². The lowest BCUT2D eigenvalue weighted by Gasteiger charge is -2.07. The van der Waals surface area contributed by atoms with E-state index in [9.17, 15) is 4.79 Å². The number of carbonyl (C=O) groups excluding carboxylic acids is 1. The van der Waals surface area contributed by atoms with Gasteiger partial charge in [0, 0.05) is 16.4 Å². The van der Waals surface area contributed by atoms with Crippen molar-refractivity contribution in [2.24, 2.45) is 5.73 Å². The first-order valence-electron chi connectivity index (χ1n) is 5.86. The SMILES string of the molecule is NC(=[NH2+])c1ccc(NC(=O)Nc2ccc(Cl)cc2)cc1. The van der Waals surface area contributed by atoms with E-state index in [0.717, 1.165) is 0 Å². The normalized spacial score (nSPS) is 9.85. The van der Waals surface area contributed by atoms with Crippen LogP contribution in [0.5, 0.6) is 0 Å². The van der Waals surface area contributed by atoms with E-state index >= 15 is 0 Å². The van der Waals surface area contributed by atoms with Crippen LogP contribution < -0.4 is 21.8 Å². The minimum Gasteiger partial charge on any atom is -0.308 e. The van der Waals surface area contributed by atoms with Crippen LogP contribution in [0.15, 0.2) is 48.5 Å². The van der Waals surface area contributed by atoms with E-state index in [1.807, 2.05) is 0 Å². The van der Waals surface area contributed by atoms with E-state index < -0.39 is 0 Å². The fourth-order valence-electron chi connectivity index (χ4n) is 1.57. The fraction of sp³-hybridized carbons (Fsp3) is 0. The zero-order chi connectivity index (χ0) is 14.5. The van der Waals surface area contributed by atoms with Crippen LogP contribution in [-0.2, 0) is 0 Å². The Hall–Kier alpha value is -2.53. The number of anilines is 2. The van der Waals surface area contributed by atoms with Gasteiger partial charge in [0.05, 0.1) is 5.56 Å². The fourth-order valence-corrected chi connectivity index (χ4v) is 1.70. The third kappa shape index (κ3) is 3.73. The minimum absolute atomic E-state index is 0.238. The number of halogens is 1. The Bertz CT molecular complexity index is 623. The molecule has 0 radical (unpaired) electrons. The van der Waals surface area contributed by atoms with Crippen LogP contribution >= 0.6 is 11.6 Å². The van der Waals surface area contributed by atoms with Crippen LogP contribution in [0.3, 0.4) is 0 Å². The second-order valence-electron chi connectivity index (χ2n) is 4.12. The first kappa shape index (κ1) is 13.9. The van der Waals surface area contributed by atoms with Crippen LogP contribution in [0.1, 0.15) is 5.56 Å². The van der Waals surface area contributed by atoms with Crippen molar-refractivity contribution in [2.45, 2.75) is 0 Å². The van der Waals surface area contributed by atoms with Gasteiger partial charge in [0.1, 0.15) is 0 Å². The molecule has 0 aliphatic carbocycles. The van der Waals surface area contributed by atoms with E-state index in [4.69, 9.17) is 22.7 Å². The number of amides is 2. The first-order valence-corrected chi connectivity index (χ1v) is 6.24. The van der Waals surface area contributed by atoms with E-state index in [1.165, 1.54) is 0 Å². The molecule has 0 aliphatic heterocycles. The third-order valence-corrected chi connectivity index (χ3v) is 2.83. The monoisotopic (exact) mass is 289 g/mol. The van der Waals surface area contributed by atoms with Gasteiger partial charge in [-0.1, -0.05) is 11.6 Å². The van der Waals surface area contributed by atoms with Crippen molar-refractivity contribution in [1.29, 1.82) is 0 Å². The molecule has 6 heteroatoms. The van der Waals surface area contributed by atoms with Crippen LogP contribution in [0.25, 0.3) is 0 Å². The van der Waals surface area contributed by atoms with Gasteiger partial charge >= 0.3 is 6.03 Å². The molecule has 5 nitrogen and oxygen atoms in total. The molecular formula is C14H14ClN4O+. The van der Waals surface area contributed by atoms with E-state index in [1.54, 1.807) is 48.5 Å². The molecular weight excluding hydrogens is 276 g/mol. The van der Waals surface area contributed by atoms with Gasteiger partial charge in [-0.25, -0.2) is 4.79 Å². The molecule has 0 heterocycles. The molecule has 0 aliphatic rings. The second kappa shape index (κ2) is 6.08. The number of hydrogen-bond donors (Lipinski definition) is 4. The molecule has 2 amide bonds. The molecule has 0 saturated carbocycles. The summed E-state index contributed by atoms with van der Waals surface area (Å²) < 4.78 is 0. The highest BCUT2D eigenvalue weighted by atomic mass is 35.5. The Morgan fingerprint density at radius 3 is 1.85 bits per heavy atom. The molecule has 20 heavy (non-hydrogen) atoms. The van der Waals surface area contributed by atoms with Gasteiger partial charge in [-0.05, 0) is 48.5 Å². The van der Waals surface area contributed by atoms with Gasteiger partial charge in [0.25, 0.3) is 5.84 Å². The molecule has 2 aromatic carbocycles. The van der Waals surface area contributed by atoms with E-state index in [-0.39, 0.29) is 11.9 Å². The summed E-state index contributed by atoms with van der Waals surface area (Å²) in [5.41, 5.74) is 7.48. The molecule has 102 valence electrons. The number of urea groups is 1. The van der Waals surface area contributed by atoms with Crippen molar-refractivity contribution in [3.05, 3.63) is 59.1 Å². The van der Waals surface area contributed by atoms with Crippen molar-refractivity contribution < 1.29 is 10.2 Å². The Morgan fingerprint density at radius 2 is 1.40 bits per heavy atom. The average Bonchev–Trinajstić information content (AvgIpc) is 2.42. The Balaban J connectivity index is 1.97. The lowest BCUT2D eigenvalue weighted by Crippen LogP contribution is -2.46. The molecule has 6 N–H and O–H groups in total. The number of hydrogen-bond acceptors (Lipinski definition) is 1. The predicted molar refractivity (Wildman–Crippen MR) is 80.8 cm³/mol. The average molecular weight is 290 g/mol. The first-order chi connectivity index (χ1) is 9.54. The summed E-state index contributed by atoms with van der Waals surface area (Å²) in [6.45, 7) is 0. The molecule has 0 unspecified atom stereocenters. The minimum atomic E-state index is -0.343. The summed E-state index contributed by atoms with van der Waals surface area (Å²) in [4.78, 5) is 11.8. The van der Waals surface area contributed by atoms with Crippen molar-refractivity contribution in [3.8, 4) is 0 Å². The number of nitrogens with two attached hydrogens (primary N) is 2. The van der Waals surface area contributed by atoms with Gasteiger partial charge in [0.15, 0.2) is 0 Å². The maximum Gasteiger partial charge on any atom is 0.323 e. The molecule has 2 rings (SSSR count). The molecule has 0 saturated heterocycles. The third-order valence-electron chi connectivity index (χ3n) is 2.58. The lowest BCUT2D eigenvalue weighted by atomic mass is 10.2. The maximum atomic E-state index is 11.8. The summed E-state index contributed by atoms with van der Waals surface area (Å²) >= 11 is 5.77. The summed E-state index contributed by atoms with van der Waals surface area (Å²) in [7, 11) is 0. The van der Waals surface area contributed by atoms with Gasteiger partial charge in [-0.2, -0.15) is 0 Å². The van der Waals surface area contributed by atoms with Crippen molar-refractivity contribution in [1.82, 2.24) is 0 Å². The van der Waals surface area contributed by atoms with Gasteiger partial charge in [-0.15, -0.1) is 0 Å². The highest BCUT2D eigenvalue weighted by molar-refractivity contribution is 6.30. The smallest absolute Gasteiger partial charge is 0.308 e. The van der Waals surface area contributed by atoms with Gasteiger partial charge in [-0.3, -0.25) is 11.1 Å². The second-order valence-corrected chi connectivity index (χ2v) is 4.56. The number of amidine groups is 1. The van der Waals surface area contributed by atoms with Crippen molar-refractivity contribution in [2.75, 3.05) is 10.6 Å². The zero-order valence-electron chi connectivity index (χ0n) is 10.6.